The van der Waals surface area contributed by atoms with E-state index < -0.39 is 0 Å². The van der Waals surface area contributed by atoms with Crippen molar-refractivity contribution in [2.24, 2.45) is 0 Å². The minimum Gasteiger partial charge on any atom is -0.324 e. The van der Waals surface area contributed by atoms with Crippen LogP contribution in [0.25, 0.3) is 11.0 Å². The van der Waals surface area contributed by atoms with Crippen molar-refractivity contribution in [3.05, 3.63) is 59.0 Å². The summed E-state index contributed by atoms with van der Waals surface area (Å²) in [6.45, 7) is 2.49. The third kappa shape index (κ3) is 3.10. The highest BCUT2D eigenvalue weighted by Gasteiger charge is 2.14. The molecule has 0 fully saturated rings. The lowest BCUT2D eigenvalue weighted by Crippen LogP contribution is -2.29. The normalized spacial score (nSPS) is 10.9. The summed E-state index contributed by atoms with van der Waals surface area (Å²) in [7, 11) is 0. The number of carbonyl (C=O) groups excluding carboxylic acids is 1. The average Bonchev–Trinajstić information content (AvgIpc) is 2.86. The van der Waals surface area contributed by atoms with E-state index in [1.54, 1.807) is 16.3 Å². The van der Waals surface area contributed by atoms with Gasteiger partial charge in [-0.05, 0) is 43.5 Å². The molecule has 1 amide bonds. The minimum absolute atomic E-state index is 0.00412. The van der Waals surface area contributed by atoms with Gasteiger partial charge in [0.2, 0.25) is 5.91 Å². The first kappa shape index (κ1) is 16.4. The van der Waals surface area contributed by atoms with Crippen molar-refractivity contribution >= 4 is 34.4 Å². The van der Waals surface area contributed by atoms with Crippen LogP contribution in [0.15, 0.2) is 58.2 Å². The van der Waals surface area contributed by atoms with Gasteiger partial charge in [-0.25, -0.2) is 4.79 Å². The molecule has 3 aromatic rings. The summed E-state index contributed by atoms with van der Waals surface area (Å²) in [6, 6.07) is 15.2. The molecule has 0 bridgehead atoms. The molecule has 0 saturated carbocycles. The summed E-state index contributed by atoms with van der Waals surface area (Å²) in [5.41, 5.74) is 2.20. The Morgan fingerprint density at radius 1 is 1.08 bits per heavy atom. The number of anilines is 1. The van der Waals surface area contributed by atoms with E-state index in [4.69, 9.17) is 0 Å². The highest BCUT2D eigenvalue weighted by Crippen LogP contribution is 2.19. The van der Waals surface area contributed by atoms with E-state index in [-0.39, 0.29) is 18.1 Å². The van der Waals surface area contributed by atoms with Crippen LogP contribution in [0.4, 0.5) is 5.69 Å². The number of aromatic nitrogens is 2. The van der Waals surface area contributed by atoms with Gasteiger partial charge in [-0.1, -0.05) is 18.2 Å². The summed E-state index contributed by atoms with van der Waals surface area (Å²) in [4.78, 5) is 26.0. The predicted molar refractivity (Wildman–Crippen MR) is 98.7 cm³/mol. The van der Waals surface area contributed by atoms with E-state index in [1.165, 1.54) is 4.57 Å². The zero-order valence-corrected chi connectivity index (χ0v) is 14.5. The monoisotopic (exact) mass is 341 g/mol. The van der Waals surface area contributed by atoms with Crippen LogP contribution >= 0.6 is 11.8 Å². The lowest BCUT2D eigenvalue weighted by atomic mass is 10.3. The molecule has 5 nitrogen and oxygen atoms in total. The number of nitrogens with zero attached hydrogens (tertiary/aromatic N) is 2. The number of hydrogen-bond acceptors (Lipinski definition) is 3. The molecule has 0 atom stereocenters. The van der Waals surface area contributed by atoms with Crippen molar-refractivity contribution in [2.45, 2.75) is 24.9 Å². The number of aryl methyl sites for hydroxylation is 1. The fraction of sp³-hybridized carbons (Fsp3) is 0.222. The summed E-state index contributed by atoms with van der Waals surface area (Å²) < 4.78 is 3.20. The number of carbonyl (C=O) groups is 1. The van der Waals surface area contributed by atoms with Gasteiger partial charge in [-0.2, -0.15) is 0 Å². The van der Waals surface area contributed by atoms with Gasteiger partial charge in [0.1, 0.15) is 6.54 Å². The highest BCUT2D eigenvalue weighted by atomic mass is 32.2. The second-order valence-corrected chi connectivity index (χ2v) is 6.26. The summed E-state index contributed by atoms with van der Waals surface area (Å²) in [6.07, 6.45) is 1.99. The molecule has 6 heteroatoms. The van der Waals surface area contributed by atoms with Gasteiger partial charge in [0.05, 0.1) is 11.0 Å². The maximum atomic E-state index is 12.6. The zero-order chi connectivity index (χ0) is 17.1. The van der Waals surface area contributed by atoms with Crippen LogP contribution in [0.2, 0.25) is 0 Å². The van der Waals surface area contributed by atoms with Crippen molar-refractivity contribution < 1.29 is 4.79 Å². The number of nitrogens with one attached hydrogen (secondary N) is 1. The number of para-hydroxylation sites is 2. The molecule has 1 N–H and O–H groups in total. The highest BCUT2D eigenvalue weighted by molar-refractivity contribution is 7.98. The second-order valence-electron chi connectivity index (χ2n) is 5.38. The molecule has 1 heterocycles. The summed E-state index contributed by atoms with van der Waals surface area (Å²) >= 11 is 1.61. The van der Waals surface area contributed by atoms with E-state index in [0.29, 0.717) is 6.54 Å². The molecule has 0 radical (unpaired) electrons. The molecule has 0 unspecified atom stereocenters. The molecule has 0 spiro atoms. The van der Waals surface area contributed by atoms with Crippen molar-refractivity contribution in [3.63, 3.8) is 0 Å². The Bertz CT molecular complexity index is 943. The fourth-order valence-electron chi connectivity index (χ4n) is 2.78. The molecule has 0 aliphatic heterocycles. The first-order chi connectivity index (χ1) is 11.6. The minimum atomic E-state index is -0.214. The molecule has 1 aromatic heterocycles. The molecule has 0 aliphatic rings. The Morgan fingerprint density at radius 2 is 1.79 bits per heavy atom. The topological polar surface area (TPSA) is 56.0 Å². The third-order valence-corrected chi connectivity index (χ3v) is 4.62. The number of amides is 1. The smallest absolute Gasteiger partial charge is 0.324 e. The van der Waals surface area contributed by atoms with Gasteiger partial charge in [0, 0.05) is 17.1 Å². The van der Waals surface area contributed by atoms with Crippen molar-refractivity contribution in [3.8, 4) is 0 Å². The van der Waals surface area contributed by atoms with Gasteiger partial charge >= 0.3 is 5.69 Å². The maximum absolute atomic E-state index is 12.6. The van der Waals surface area contributed by atoms with Gasteiger partial charge in [0.15, 0.2) is 0 Å². The van der Waals surface area contributed by atoms with Gasteiger partial charge in [-0.3, -0.25) is 13.9 Å². The van der Waals surface area contributed by atoms with Gasteiger partial charge < -0.3 is 5.32 Å². The molecule has 0 aliphatic carbocycles. The van der Waals surface area contributed by atoms with E-state index in [1.807, 2.05) is 61.7 Å². The van der Waals surface area contributed by atoms with Crippen LogP contribution in [0.1, 0.15) is 6.92 Å². The number of fused-ring (bicyclic) bond motifs is 1. The molecule has 24 heavy (non-hydrogen) atoms. The SMILES string of the molecule is CCn1c(=O)n(CC(=O)Nc2cccc(SC)c2)c2ccccc21. The summed E-state index contributed by atoms with van der Waals surface area (Å²) in [5, 5.41) is 2.86. The Balaban J connectivity index is 1.88. The molecule has 3 rings (SSSR count). The lowest BCUT2D eigenvalue weighted by Gasteiger charge is -2.07. The predicted octanol–water partition coefficient (Wildman–Crippen LogP) is 3.18. The number of thioether (sulfide) groups is 1. The fourth-order valence-corrected chi connectivity index (χ4v) is 3.24. The third-order valence-electron chi connectivity index (χ3n) is 3.90. The Labute approximate surface area is 144 Å². The average molecular weight is 341 g/mol. The largest absolute Gasteiger partial charge is 0.329 e. The maximum Gasteiger partial charge on any atom is 0.329 e. The van der Waals surface area contributed by atoms with Crippen LogP contribution in [0, 0.1) is 0 Å². The Morgan fingerprint density at radius 3 is 2.46 bits per heavy atom. The number of hydrogen-bond donors (Lipinski definition) is 1. The van der Waals surface area contributed by atoms with E-state index in [9.17, 15) is 9.59 Å². The van der Waals surface area contributed by atoms with E-state index in [0.717, 1.165) is 21.6 Å². The first-order valence-electron chi connectivity index (χ1n) is 7.76. The van der Waals surface area contributed by atoms with Gasteiger partial charge in [-0.15, -0.1) is 11.8 Å². The molecule has 2 aromatic carbocycles. The van der Waals surface area contributed by atoms with Crippen LogP contribution in [-0.4, -0.2) is 21.3 Å². The van der Waals surface area contributed by atoms with Crippen molar-refractivity contribution in [1.29, 1.82) is 0 Å². The number of benzene rings is 2. The van der Waals surface area contributed by atoms with E-state index >= 15 is 0 Å². The van der Waals surface area contributed by atoms with Crippen LogP contribution in [0.5, 0.6) is 0 Å². The van der Waals surface area contributed by atoms with Crippen LogP contribution in [-0.2, 0) is 17.9 Å². The second kappa shape index (κ2) is 6.97. The van der Waals surface area contributed by atoms with E-state index in [2.05, 4.69) is 5.32 Å². The number of imidazole rings is 1. The van der Waals surface area contributed by atoms with Crippen molar-refractivity contribution in [2.75, 3.05) is 11.6 Å². The van der Waals surface area contributed by atoms with Crippen molar-refractivity contribution in [1.82, 2.24) is 9.13 Å². The summed E-state index contributed by atoms with van der Waals surface area (Å²) in [5.74, 6) is -0.214. The van der Waals surface area contributed by atoms with Gasteiger partial charge in [0.25, 0.3) is 0 Å². The quantitative estimate of drug-likeness (QED) is 0.725. The van der Waals surface area contributed by atoms with Crippen LogP contribution < -0.4 is 11.0 Å². The first-order valence-corrected chi connectivity index (χ1v) is 8.98. The Hall–Kier alpha value is -2.47. The zero-order valence-electron chi connectivity index (χ0n) is 13.7. The molecule has 124 valence electrons. The number of rotatable bonds is 5. The standard InChI is InChI=1S/C18H19N3O2S/c1-3-20-15-9-4-5-10-16(15)21(18(20)23)12-17(22)19-13-7-6-8-14(11-13)24-2/h4-11H,3,12H2,1-2H3,(H,19,22). The lowest BCUT2D eigenvalue weighted by molar-refractivity contribution is -0.116. The molecular weight excluding hydrogens is 322 g/mol. The Kier molecular flexibility index (Phi) is 4.76. The molecular formula is C18H19N3O2S. The van der Waals surface area contributed by atoms with Crippen LogP contribution in [0.3, 0.4) is 0 Å². The molecule has 0 saturated heterocycles.